The molecule has 1 amide bonds. The normalized spacial score (nSPS) is 17.7. The Balaban J connectivity index is 2.93. The number of carbonyl (C=O) groups is 3. The number of ketones is 2. The zero-order valence-electron chi connectivity index (χ0n) is 18.4. The molecule has 0 aromatic heterocycles. The first kappa shape index (κ1) is 23.8. The molecule has 1 fully saturated rings. The Hall–Kier alpha value is -1.23. The Kier molecular flexibility index (Phi) is 8.21. The molecule has 1 saturated heterocycles. The van der Waals surface area contributed by atoms with Gasteiger partial charge in [0.15, 0.2) is 0 Å². The van der Waals surface area contributed by atoms with E-state index < -0.39 is 5.41 Å². The number of carbonyl (C=O) groups excluding carboxylic acids is 3. The van der Waals surface area contributed by atoms with Gasteiger partial charge >= 0.3 is 0 Å². The van der Waals surface area contributed by atoms with Gasteiger partial charge in [-0.3, -0.25) is 14.4 Å². The summed E-state index contributed by atoms with van der Waals surface area (Å²) in [7, 11) is 1.59. The van der Waals surface area contributed by atoms with Crippen LogP contribution in [0.1, 0.15) is 80.1 Å². The quantitative estimate of drug-likeness (QED) is 0.605. The predicted octanol–water partition coefficient (Wildman–Crippen LogP) is 4.03. The van der Waals surface area contributed by atoms with Crippen LogP contribution in [0.3, 0.4) is 0 Å². The second-order valence-corrected chi connectivity index (χ2v) is 9.81. The molecule has 0 radical (unpaired) electrons. The smallest absolute Gasteiger partial charge is 0.224 e. The SMILES string of the molecule is CCC(C)(C)C(=O)CC1(CC(=O)C(C)(C)C)CCN(C(=O)CCOC)CC1. The van der Waals surface area contributed by atoms with Crippen LogP contribution >= 0.6 is 0 Å². The number of hydrogen-bond acceptors (Lipinski definition) is 4. The van der Waals surface area contributed by atoms with Crippen molar-refractivity contribution in [3.63, 3.8) is 0 Å². The summed E-state index contributed by atoms with van der Waals surface area (Å²) in [4.78, 5) is 39.9. The Labute approximate surface area is 165 Å². The van der Waals surface area contributed by atoms with Crippen LogP contribution < -0.4 is 0 Å². The minimum Gasteiger partial charge on any atom is -0.384 e. The average molecular weight is 382 g/mol. The lowest BCUT2D eigenvalue weighted by Crippen LogP contribution is -2.46. The van der Waals surface area contributed by atoms with Gasteiger partial charge in [-0.05, 0) is 24.7 Å². The Morgan fingerprint density at radius 1 is 0.963 bits per heavy atom. The molecule has 5 heteroatoms. The number of Topliss-reactive ketones (excluding diaryl/α,β-unsaturated/α-hetero) is 2. The number of rotatable bonds is 9. The fourth-order valence-electron chi connectivity index (χ4n) is 3.38. The molecule has 1 aliphatic rings. The maximum absolute atomic E-state index is 12.9. The summed E-state index contributed by atoms with van der Waals surface area (Å²) in [5, 5.41) is 0. The van der Waals surface area contributed by atoms with Crippen molar-refractivity contribution in [3.8, 4) is 0 Å². The van der Waals surface area contributed by atoms with Crippen LogP contribution in [-0.2, 0) is 19.1 Å². The van der Waals surface area contributed by atoms with Crippen molar-refractivity contribution in [1.29, 1.82) is 0 Å². The van der Waals surface area contributed by atoms with E-state index in [9.17, 15) is 14.4 Å². The van der Waals surface area contributed by atoms with Gasteiger partial charge in [-0.25, -0.2) is 0 Å². The lowest BCUT2D eigenvalue weighted by Gasteiger charge is -2.43. The van der Waals surface area contributed by atoms with Crippen molar-refractivity contribution in [3.05, 3.63) is 0 Å². The number of ether oxygens (including phenoxy) is 1. The molecule has 1 rings (SSSR count). The van der Waals surface area contributed by atoms with E-state index in [0.29, 0.717) is 51.8 Å². The number of amides is 1. The number of likely N-dealkylation sites (tertiary alicyclic amines) is 1. The maximum Gasteiger partial charge on any atom is 0.224 e. The molecule has 0 unspecified atom stereocenters. The molecule has 0 aliphatic carbocycles. The van der Waals surface area contributed by atoms with Crippen LogP contribution in [0, 0.1) is 16.2 Å². The summed E-state index contributed by atoms with van der Waals surface area (Å²) in [6.45, 7) is 13.4. The topological polar surface area (TPSA) is 63.7 Å². The van der Waals surface area contributed by atoms with E-state index in [2.05, 4.69) is 0 Å². The summed E-state index contributed by atoms with van der Waals surface area (Å²) in [5.74, 6) is 0.516. The molecule has 0 bridgehead atoms. The molecule has 0 aromatic carbocycles. The average Bonchev–Trinajstić information content (AvgIpc) is 2.59. The largest absolute Gasteiger partial charge is 0.384 e. The first-order valence-electron chi connectivity index (χ1n) is 10.2. The minimum absolute atomic E-state index is 0.0906. The third kappa shape index (κ3) is 6.70. The van der Waals surface area contributed by atoms with Crippen LogP contribution in [-0.4, -0.2) is 49.2 Å². The summed E-state index contributed by atoms with van der Waals surface area (Å²) in [6, 6.07) is 0. The molecule has 1 heterocycles. The number of nitrogens with zero attached hydrogens (tertiary/aromatic N) is 1. The molecule has 0 aromatic rings. The first-order chi connectivity index (χ1) is 12.4. The second-order valence-electron chi connectivity index (χ2n) is 9.81. The van der Waals surface area contributed by atoms with Crippen LogP contribution in [0.25, 0.3) is 0 Å². The molecular formula is C22H39NO4. The van der Waals surface area contributed by atoms with E-state index in [0.717, 1.165) is 6.42 Å². The van der Waals surface area contributed by atoms with Gasteiger partial charge in [0.2, 0.25) is 5.91 Å². The highest BCUT2D eigenvalue weighted by Gasteiger charge is 2.43. The van der Waals surface area contributed by atoms with Crippen LogP contribution in [0.4, 0.5) is 0 Å². The lowest BCUT2D eigenvalue weighted by atomic mass is 9.65. The first-order valence-corrected chi connectivity index (χ1v) is 10.2. The molecule has 0 spiro atoms. The van der Waals surface area contributed by atoms with Gasteiger partial charge in [0, 0.05) is 43.9 Å². The number of piperidine rings is 1. The zero-order chi connectivity index (χ0) is 20.9. The summed E-state index contributed by atoms with van der Waals surface area (Å²) < 4.78 is 5.00. The van der Waals surface area contributed by atoms with Gasteiger partial charge in [-0.1, -0.05) is 41.5 Å². The van der Waals surface area contributed by atoms with E-state index in [1.165, 1.54) is 0 Å². The molecule has 0 atom stereocenters. The molecule has 156 valence electrons. The van der Waals surface area contributed by atoms with E-state index >= 15 is 0 Å². The van der Waals surface area contributed by atoms with Crippen molar-refractivity contribution in [2.45, 2.75) is 80.1 Å². The highest BCUT2D eigenvalue weighted by molar-refractivity contribution is 5.88. The molecule has 27 heavy (non-hydrogen) atoms. The van der Waals surface area contributed by atoms with Gasteiger partial charge in [0.25, 0.3) is 0 Å². The van der Waals surface area contributed by atoms with Gasteiger partial charge in [0.1, 0.15) is 11.6 Å². The molecule has 5 nitrogen and oxygen atoms in total. The van der Waals surface area contributed by atoms with Gasteiger partial charge in [-0.15, -0.1) is 0 Å². The third-order valence-electron chi connectivity index (χ3n) is 6.24. The Bertz CT molecular complexity index is 537. The maximum atomic E-state index is 12.9. The van der Waals surface area contributed by atoms with Crippen molar-refractivity contribution >= 4 is 17.5 Å². The second kappa shape index (κ2) is 9.31. The summed E-state index contributed by atoms with van der Waals surface area (Å²) >= 11 is 0. The van der Waals surface area contributed by atoms with Crippen molar-refractivity contribution in [2.75, 3.05) is 26.8 Å². The Morgan fingerprint density at radius 3 is 1.93 bits per heavy atom. The predicted molar refractivity (Wildman–Crippen MR) is 108 cm³/mol. The fraction of sp³-hybridized carbons (Fsp3) is 0.864. The van der Waals surface area contributed by atoms with Crippen molar-refractivity contribution in [2.24, 2.45) is 16.2 Å². The Morgan fingerprint density at radius 2 is 1.48 bits per heavy atom. The number of hydrogen-bond donors (Lipinski definition) is 0. The molecule has 1 aliphatic heterocycles. The monoisotopic (exact) mass is 381 g/mol. The molecule has 0 N–H and O–H groups in total. The van der Waals surface area contributed by atoms with Crippen molar-refractivity contribution in [1.82, 2.24) is 4.90 Å². The standard InChI is InChI=1S/C22H39NO4/c1-8-21(5,6)18(25)16-22(15-17(24)20(2,3)4)10-12-23(13-11-22)19(26)9-14-27-7/h8-16H2,1-7H3. The molecular weight excluding hydrogens is 342 g/mol. The fourth-order valence-corrected chi connectivity index (χ4v) is 3.38. The van der Waals surface area contributed by atoms with Gasteiger partial charge < -0.3 is 9.64 Å². The van der Waals surface area contributed by atoms with Crippen LogP contribution in [0.5, 0.6) is 0 Å². The van der Waals surface area contributed by atoms with Crippen LogP contribution in [0.15, 0.2) is 0 Å². The van der Waals surface area contributed by atoms with E-state index in [4.69, 9.17) is 4.74 Å². The van der Waals surface area contributed by atoms with Crippen LogP contribution in [0.2, 0.25) is 0 Å². The number of methoxy groups -OCH3 is 1. The lowest BCUT2D eigenvalue weighted by molar-refractivity contribution is -0.138. The van der Waals surface area contributed by atoms with Crippen molar-refractivity contribution < 1.29 is 19.1 Å². The third-order valence-corrected chi connectivity index (χ3v) is 6.24. The van der Waals surface area contributed by atoms with Gasteiger partial charge in [-0.2, -0.15) is 0 Å². The van der Waals surface area contributed by atoms with E-state index in [1.807, 2.05) is 46.4 Å². The molecule has 0 saturated carbocycles. The zero-order valence-corrected chi connectivity index (χ0v) is 18.4. The highest BCUT2D eigenvalue weighted by atomic mass is 16.5. The summed E-state index contributed by atoms with van der Waals surface area (Å²) in [5.41, 5.74) is -1.11. The van der Waals surface area contributed by atoms with Gasteiger partial charge in [0.05, 0.1) is 13.0 Å². The summed E-state index contributed by atoms with van der Waals surface area (Å²) in [6.07, 6.45) is 3.43. The minimum atomic E-state index is -0.415. The van der Waals surface area contributed by atoms with E-state index in [-0.39, 0.29) is 28.3 Å². The van der Waals surface area contributed by atoms with E-state index in [1.54, 1.807) is 7.11 Å². The highest BCUT2D eigenvalue weighted by Crippen LogP contribution is 2.43.